The van der Waals surface area contributed by atoms with Crippen LogP contribution in [0.2, 0.25) is 0 Å². The fraction of sp³-hybridized carbons (Fsp3) is 0.429. The molecule has 8 heavy (non-hydrogen) atoms. The van der Waals surface area contributed by atoms with E-state index in [0.717, 1.165) is 6.42 Å². The molecule has 0 spiro atoms. The molecular weight excluding hydrogens is 120 g/mol. The highest BCUT2D eigenvalue weighted by Gasteiger charge is 2.33. The number of rotatable bonds is 0. The molecule has 0 atom stereocenters. The lowest BCUT2D eigenvalue weighted by atomic mass is 10.1. The van der Waals surface area contributed by atoms with Gasteiger partial charge in [-0.15, -0.1) is 11.6 Å². The maximum absolute atomic E-state index is 6.02. The summed E-state index contributed by atoms with van der Waals surface area (Å²) in [5.41, 5.74) is 0. The van der Waals surface area contributed by atoms with E-state index in [4.69, 9.17) is 11.6 Å². The third-order valence-corrected chi connectivity index (χ3v) is 2.20. The summed E-state index contributed by atoms with van der Waals surface area (Å²) in [6.07, 6.45) is 9.60. The highest BCUT2D eigenvalue weighted by Crippen LogP contribution is 2.40. The van der Waals surface area contributed by atoms with Gasteiger partial charge in [-0.3, -0.25) is 0 Å². The molecule has 0 saturated carbocycles. The van der Waals surface area contributed by atoms with E-state index in [-0.39, 0.29) is 4.87 Å². The molecule has 2 bridgehead atoms. The Morgan fingerprint density at radius 2 is 2.00 bits per heavy atom. The molecule has 42 valence electrons. The van der Waals surface area contributed by atoms with E-state index < -0.39 is 0 Å². The molecule has 0 radical (unpaired) electrons. The number of fused-ring (bicyclic) bond motifs is 2. The highest BCUT2D eigenvalue weighted by atomic mass is 35.5. The number of hydrogen-bond donors (Lipinski definition) is 0. The normalized spacial score (nSPS) is 48.9. The Labute approximate surface area is 53.8 Å². The number of alkyl halides is 1. The summed E-state index contributed by atoms with van der Waals surface area (Å²) in [4.78, 5) is -0.0787. The van der Waals surface area contributed by atoms with Crippen molar-refractivity contribution in [1.82, 2.24) is 0 Å². The van der Waals surface area contributed by atoms with Crippen molar-refractivity contribution in [3.8, 4) is 0 Å². The van der Waals surface area contributed by atoms with Gasteiger partial charge in [0.05, 0.1) is 4.87 Å². The Morgan fingerprint density at radius 3 is 2.12 bits per heavy atom. The van der Waals surface area contributed by atoms with E-state index in [9.17, 15) is 0 Å². The van der Waals surface area contributed by atoms with Crippen LogP contribution in [0.1, 0.15) is 6.42 Å². The van der Waals surface area contributed by atoms with Crippen LogP contribution in [0.3, 0.4) is 0 Å². The summed E-state index contributed by atoms with van der Waals surface area (Å²) >= 11 is 6.02. The Hall–Kier alpha value is -0.230. The SMILES string of the molecule is ClC12C=CC(C=C1)C2. The third kappa shape index (κ3) is 0.467. The van der Waals surface area contributed by atoms with Crippen molar-refractivity contribution >= 4 is 11.6 Å². The van der Waals surface area contributed by atoms with Gasteiger partial charge in [0.2, 0.25) is 0 Å². The van der Waals surface area contributed by atoms with Gasteiger partial charge < -0.3 is 0 Å². The average Bonchev–Trinajstić information content (AvgIpc) is 2.21. The molecule has 2 aliphatic carbocycles. The minimum atomic E-state index is -0.0787. The second-order valence-corrected chi connectivity index (χ2v) is 3.22. The molecule has 0 aromatic heterocycles. The number of halogens is 1. The topological polar surface area (TPSA) is 0 Å². The zero-order valence-electron chi connectivity index (χ0n) is 4.47. The largest absolute Gasteiger partial charge is 0.110 e. The van der Waals surface area contributed by atoms with Gasteiger partial charge in [0.1, 0.15) is 0 Å². The van der Waals surface area contributed by atoms with Crippen LogP contribution in [-0.4, -0.2) is 4.87 Å². The van der Waals surface area contributed by atoms with E-state index in [1.807, 2.05) is 0 Å². The maximum Gasteiger partial charge on any atom is 0.0815 e. The Morgan fingerprint density at radius 1 is 1.38 bits per heavy atom. The van der Waals surface area contributed by atoms with Crippen LogP contribution in [0.5, 0.6) is 0 Å². The Kier molecular flexibility index (Phi) is 0.688. The summed E-state index contributed by atoms with van der Waals surface area (Å²) < 4.78 is 0. The van der Waals surface area contributed by atoms with Crippen LogP contribution in [0.4, 0.5) is 0 Å². The molecule has 0 N–H and O–H groups in total. The molecule has 0 aliphatic heterocycles. The van der Waals surface area contributed by atoms with Crippen molar-refractivity contribution in [3.63, 3.8) is 0 Å². The van der Waals surface area contributed by atoms with Crippen molar-refractivity contribution in [2.75, 3.05) is 0 Å². The standard InChI is InChI=1S/C7H7Cl/c8-7-3-1-6(5-7)2-4-7/h1-4,6H,5H2. The van der Waals surface area contributed by atoms with Crippen molar-refractivity contribution in [2.45, 2.75) is 11.3 Å². The molecule has 0 nitrogen and oxygen atoms in total. The smallest absolute Gasteiger partial charge is 0.0815 e. The quantitative estimate of drug-likeness (QED) is 0.345. The fourth-order valence-electron chi connectivity index (χ4n) is 1.32. The molecule has 0 heterocycles. The second kappa shape index (κ2) is 1.19. The first kappa shape index (κ1) is 4.63. The predicted octanol–water partition coefficient (Wildman–Crippen LogP) is 2.11. The van der Waals surface area contributed by atoms with Gasteiger partial charge in [0.15, 0.2) is 0 Å². The summed E-state index contributed by atoms with van der Waals surface area (Å²) in [6, 6.07) is 0. The zero-order valence-corrected chi connectivity index (χ0v) is 5.23. The summed E-state index contributed by atoms with van der Waals surface area (Å²) in [6.45, 7) is 0. The van der Waals surface area contributed by atoms with E-state index >= 15 is 0 Å². The van der Waals surface area contributed by atoms with Crippen molar-refractivity contribution in [2.24, 2.45) is 5.92 Å². The first-order valence-corrected chi connectivity index (χ1v) is 3.24. The lowest BCUT2D eigenvalue weighted by Crippen LogP contribution is -2.06. The van der Waals surface area contributed by atoms with Crippen LogP contribution in [0.25, 0.3) is 0 Å². The van der Waals surface area contributed by atoms with E-state index in [1.165, 1.54) is 0 Å². The lowest BCUT2D eigenvalue weighted by molar-refractivity contribution is 0.758. The minimum Gasteiger partial charge on any atom is -0.110 e. The summed E-state index contributed by atoms with van der Waals surface area (Å²) in [5, 5.41) is 0. The van der Waals surface area contributed by atoms with Gasteiger partial charge in [0, 0.05) is 0 Å². The molecular formula is C7H7Cl. The Balaban J connectivity index is 2.43. The molecule has 0 saturated heterocycles. The van der Waals surface area contributed by atoms with Gasteiger partial charge in [0.25, 0.3) is 0 Å². The van der Waals surface area contributed by atoms with Crippen LogP contribution in [0.15, 0.2) is 24.3 Å². The van der Waals surface area contributed by atoms with Crippen LogP contribution in [0, 0.1) is 5.92 Å². The lowest BCUT2D eigenvalue weighted by Gasteiger charge is -2.07. The Bertz CT molecular complexity index is 153. The fourth-order valence-corrected chi connectivity index (χ4v) is 1.64. The van der Waals surface area contributed by atoms with Crippen LogP contribution >= 0.6 is 11.6 Å². The van der Waals surface area contributed by atoms with E-state index in [1.54, 1.807) is 0 Å². The molecule has 0 aromatic carbocycles. The molecule has 0 fully saturated rings. The van der Waals surface area contributed by atoms with Crippen LogP contribution in [-0.2, 0) is 0 Å². The van der Waals surface area contributed by atoms with Crippen LogP contribution < -0.4 is 0 Å². The van der Waals surface area contributed by atoms with Gasteiger partial charge in [-0.25, -0.2) is 0 Å². The van der Waals surface area contributed by atoms with E-state index in [2.05, 4.69) is 24.3 Å². The van der Waals surface area contributed by atoms with Gasteiger partial charge in [-0.05, 0) is 12.3 Å². The summed E-state index contributed by atoms with van der Waals surface area (Å²) in [5.74, 6) is 0.646. The monoisotopic (exact) mass is 126 g/mol. The number of hydrogen-bond acceptors (Lipinski definition) is 0. The minimum absolute atomic E-state index is 0.0787. The van der Waals surface area contributed by atoms with Gasteiger partial charge in [-0.1, -0.05) is 24.3 Å². The first-order valence-electron chi connectivity index (χ1n) is 2.86. The number of allylic oxidation sites excluding steroid dienone is 4. The predicted molar refractivity (Wildman–Crippen MR) is 35.0 cm³/mol. The molecule has 2 aliphatic rings. The van der Waals surface area contributed by atoms with Crippen molar-refractivity contribution < 1.29 is 0 Å². The summed E-state index contributed by atoms with van der Waals surface area (Å²) in [7, 11) is 0. The first-order chi connectivity index (χ1) is 3.79. The van der Waals surface area contributed by atoms with E-state index in [0.29, 0.717) is 5.92 Å². The molecule has 1 heteroatoms. The highest BCUT2D eigenvalue weighted by molar-refractivity contribution is 6.27. The van der Waals surface area contributed by atoms with Gasteiger partial charge in [-0.2, -0.15) is 0 Å². The second-order valence-electron chi connectivity index (χ2n) is 2.51. The molecule has 2 rings (SSSR count). The maximum atomic E-state index is 6.02. The van der Waals surface area contributed by atoms with Crippen molar-refractivity contribution in [1.29, 1.82) is 0 Å². The van der Waals surface area contributed by atoms with Gasteiger partial charge >= 0.3 is 0 Å². The third-order valence-electron chi connectivity index (χ3n) is 1.79. The zero-order chi connectivity index (χ0) is 5.61. The molecule has 0 amide bonds. The molecule has 0 aromatic rings. The molecule has 0 unspecified atom stereocenters. The average molecular weight is 127 g/mol. The van der Waals surface area contributed by atoms with Crippen molar-refractivity contribution in [3.05, 3.63) is 24.3 Å².